The van der Waals surface area contributed by atoms with Crippen LogP contribution < -0.4 is 4.74 Å². The van der Waals surface area contributed by atoms with Crippen molar-refractivity contribution in [3.8, 4) is 5.75 Å². The van der Waals surface area contributed by atoms with E-state index in [2.05, 4.69) is 13.8 Å². The first-order chi connectivity index (χ1) is 18.6. The minimum absolute atomic E-state index is 0.101. The molecule has 1 nitrogen and oxygen atoms in total. The van der Waals surface area contributed by atoms with Crippen LogP contribution in [0.5, 0.6) is 5.75 Å². The van der Waals surface area contributed by atoms with Gasteiger partial charge in [-0.1, -0.05) is 97.0 Å². The molecule has 0 spiro atoms. The second-order valence-corrected chi connectivity index (χ2v) is 13.4. The van der Waals surface area contributed by atoms with Crippen LogP contribution in [-0.2, 0) is 6.42 Å². The highest BCUT2D eigenvalue weighted by Crippen LogP contribution is 2.43. The minimum atomic E-state index is -0.780. The van der Waals surface area contributed by atoms with E-state index in [1.807, 2.05) is 0 Å². The molecule has 4 rings (SSSR count). The Morgan fingerprint density at radius 3 is 1.61 bits per heavy atom. The largest absolute Gasteiger partial charge is 0.490 e. The molecule has 3 aliphatic rings. The van der Waals surface area contributed by atoms with E-state index in [0.29, 0.717) is 30.4 Å². The Kier molecular flexibility index (Phi) is 12.3. The molecule has 0 radical (unpaired) electrons. The quantitative estimate of drug-likeness (QED) is 0.246. The molecule has 0 amide bonds. The minimum Gasteiger partial charge on any atom is -0.490 e. The lowest BCUT2D eigenvalue weighted by Crippen LogP contribution is -2.26. The molecule has 0 saturated heterocycles. The summed E-state index contributed by atoms with van der Waals surface area (Å²) in [5, 5.41) is 0. The Hall–Kier alpha value is -1.12. The van der Waals surface area contributed by atoms with E-state index in [9.17, 15) is 8.78 Å². The van der Waals surface area contributed by atoms with Crippen LogP contribution in [0, 0.1) is 47.1 Å². The maximum atomic E-state index is 14.9. The van der Waals surface area contributed by atoms with Gasteiger partial charge in [0.15, 0.2) is 11.6 Å². The van der Waals surface area contributed by atoms with Gasteiger partial charge in [0.1, 0.15) is 0 Å². The maximum absolute atomic E-state index is 14.9. The number of hydrogen-bond donors (Lipinski definition) is 0. The molecule has 0 heterocycles. The smallest absolute Gasteiger partial charge is 0.200 e. The average molecular weight is 531 g/mol. The first-order valence-electron chi connectivity index (χ1n) is 16.7. The van der Waals surface area contributed by atoms with Crippen molar-refractivity contribution in [3.63, 3.8) is 0 Å². The molecule has 0 atom stereocenters. The summed E-state index contributed by atoms with van der Waals surface area (Å²) in [6.07, 6.45) is 25.6. The molecule has 38 heavy (non-hydrogen) atoms. The van der Waals surface area contributed by atoms with E-state index >= 15 is 0 Å². The number of benzene rings is 1. The summed E-state index contributed by atoms with van der Waals surface area (Å²) in [6.45, 7) is 5.07. The number of rotatable bonds is 13. The van der Waals surface area contributed by atoms with Gasteiger partial charge in [0.25, 0.3) is 0 Å². The summed E-state index contributed by atoms with van der Waals surface area (Å²) in [5.41, 5.74) is 0.527. The van der Waals surface area contributed by atoms with Crippen molar-refractivity contribution in [2.45, 2.75) is 142 Å². The van der Waals surface area contributed by atoms with Gasteiger partial charge in [-0.05, 0) is 98.5 Å². The van der Waals surface area contributed by atoms with E-state index in [1.165, 1.54) is 103 Å². The maximum Gasteiger partial charge on any atom is 0.200 e. The Labute approximate surface area is 232 Å². The lowest BCUT2D eigenvalue weighted by atomic mass is 9.68. The van der Waals surface area contributed by atoms with E-state index in [4.69, 9.17) is 4.74 Å². The highest BCUT2D eigenvalue weighted by Gasteiger charge is 2.31. The Bertz CT molecular complexity index is 798. The molecule has 1 aromatic rings. The van der Waals surface area contributed by atoms with E-state index < -0.39 is 11.6 Å². The number of halogens is 2. The van der Waals surface area contributed by atoms with Crippen molar-refractivity contribution >= 4 is 0 Å². The van der Waals surface area contributed by atoms with Crippen LogP contribution in [0.25, 0.3) is 0 Å². The monoisotopic (exact) mass is 530 g/mol. The third-order valence-corrected chi connectivity index (χ3v) is 10.8. The summed E-state index contributed by atoms with van der Waals surface area (Å²) in [5.74, 6) is 3.48. The summed E-state index contributed by atoms with van der Waals surface area (Å²) < 4.78 is 35.6. The Morgan fingerprint density at radius 1 is 0.605 bits per heavy atom. The molecular weight excluding hydrogens is 474 g/mol. The lowest BCUT2D eigenvalue weighted by Gasteiger charge is -2.38. The molecule has 0 bridgehead atoms. The van der Waals surface area contributed by atoms with Gasteiger partial charge >= 0.3 is 0 Å². The van der Waals surface area contributed by atoms with E-state index in [0.717, 1.165) is 42.9 Å². The summed E-state index contributed by atoms with van der Waals surface area (Å²) in [7, 11) is 0. The van der Waals surface area contributed by atoms with Crippen molar-refractivity contribution < 1.29 is 13.5 Å². The Morgan fingerprint density at radius 2 is 1.08 bits per heavy atom. The second kappa shape index (κ2) is 15.6. The predicted molar refractivity (Wildman–Crippen MR) is 156 cm³/mol. The fraction of sp³-hybridized carbons (Fsp3) is 0.829. The lowest BCUT2D eigenvalue weighted by molar-refractivity contribution is 0.140. The molecule has 216 valence electrons. The highest BCUT2D eigenvalue weighted by atomic mass is 19.2. The van der Waals surface area contributed by atoms with Gasteiger partial charge in [0.05, 0.1) is 6.61 Å². The third kappa shape index (κ3) is 8.69. The Balaban J connectivity index is 1.15. The number of aryl methyl sites for hydroxylation is 1. The van der Waals surface area contributed by atoms with Gasteiger partial charge < -0.3 is 4.74 Å². The van der Waals surface area contributed by atoms with Crippen LogP contribution in [0.3, 0.4) is 0 Å². The number of unbranched alkanes of at least 4 members (excludes halogenated alkanes) is 2. The molecule has 0 unspecified atom stereocenters. The van der Waals surface area contributed by atoms with Crippen LogP contribution in [-0.4, -0.2) is 6.61 Å². The molecule has 3 fully saturated rings. The average Bonchev–Trinajstić information content (AvgIpc) is 2.96. The van der Waals surface area contributed by atoms with Crippen LogP contribution in [0.1, 0.15) is 141 Å². The molecule has 0 aliphatic heterocycles. The fourth-order valence-electron chi connectivity index (χ4n) is 8.01. The van der Waals surface area contributed by atoms with Crippen LogP contribution >= 0.6 is 0 Å². The molecule has 0 N–H and O–H groups in total. The van der Waals surface area contributed by atoms with Gasteiger partial charge in [-0.15, -0.1) is 0 Å². The number of ether oxygens (including phenoxy) is 1. The van der Waals surface area contributed by atoms with Gasteiger partial charge in [0.2, 0.25) is 5.82 Å². The van der Waals surface area contributed by atoms with Crippen molar-refractivity contribution in [1.82, 2.24) is 0 Å². The van der Waals surface area contributed by atoms with Gasteiger partial charge in [-0.2, -0.15) is 4.39 Å². The molecule has 1 aromatic carbocycles. The molecule has 3 heteroatoms. The van der Waals surface area contributed by atoms with E-state index in [1.54, 1.807) is 12.1 Å². The van der Waals surface area contributed by atoms with Crippen LogP contribution in [0.4, 0.5) is 8.78 Å². The second-order valence-electron chi connectivity index (χ2n) is 13.4. The molecular formula is C35H56F2O. The topological polar surface area (TPSA) is 9.23 Å². The van der Waals surface area contributed by atoms with Crippen LogP contribution in [0.2, 0.25) is 0 Å². The van der Waals surface area contributed by atoms with Gasteiger partial charge in [0, 0.05) is 0 Å². The van der Waals surface area contributed by atoms with Crippen molar-refractivity contribution in [1.29, 1.82) is 0 Å². The van der Waals surface area contributed by atoms with Crippen molar-refractivity contribution in [2.24, 2.45) is 35.5 Å². The fourth-order valence-corrected chi connectivity index (χ4v) is 8.01. The van der Waals surface area contributed by atoms with Crippen LogP contribution in [0.15, 0.2) is 12.1 Å². The summed E-state index contributed by atoms with van der Waals surface area (Å²) in [4.78, 5) is 0. The molecule has 0 aromatic heterocycles. The van der Waals surface area contributed by atoms with E-state index in [-0.39, 0.29) is 5.75 Å². The predicted octanol–water partition coefficient (Wildman–Crippen LogP) is 11.1. The molecule has 3 saturated carbocycles. The first kappa shape index (κ1) is 29.9. The number of hydrogen-bond acceptors (Lipinski definition) is 1. The highest BCUT2D eigenvalue weighted by molar-refractivity contribution is 5.31. The van der Waals surface area contributed by atoms with Gasteiger partial charge in [-0.25, -0.2) is 4.39 Å². The summed E-state index contributed by atoms with van der Waals surface area (Å²) in [6, 6.07) is 3.45. The first-order valence-corrected chi connectivity index (χ1v) is 16.7. The zero-order valence-corrected chi connectivity index (χ0v) is 24.6. The zero-order valence-electron chi connectivity index (χ0n) is 24.6. The zero-order chi connectivity index (χ0) is 26.7. The molecule has 3 aliphatic carbocycles. The standard InChI is InChI=1S/C35H56F2O/c1-3-5-7-26-9-11-29(12-10-26)25-38-33-24-23-32(34(36)35(33)37)22-17-28-15-20-31(21-16-28)30-18-13-27(14-19-30)8-6-4-2/h23-24,26-31H,3-22,25H2,1-2H3. The van der Waals surface area contributed by atoms with Gasteiger partial charge in [-0.3, -0.25) is 0 Å². The van der Waals surface area contributed by atoms with Crippen molar-refractivity contribution in [2.75, 3.05) is 6.61 Å². The summed E-state index contributed by atoms with van der Waals surface area (Å²) >= 11 is 0. The third-order valence-electron chi connectivity index (χ3n) is 10.8. The normalized spacial score (nSPS) is 30.3. The SMILES string of the molecule is CCCCC1CCC(COc2ccc(CCC3CCC(C4CCC(CCCC)CC4)CC3)c(F)c2F)CC1. The van der Waals surface area contributed by atoms with Crippen molar-refractivity contribution in [3.05, 3.63) is 29.3 Å².